The van der Waals surface area contributed by atoms with Crippen LogP contribution < -0.4 is 0 Å². The molecule has 1 saturated heterocycles. The van der Waals surface area contributed by atoms with Gasteiger partial charge in [0.15, 0.2) is 0 Å². The van der Waals surface area contributed by atoms with Crippen LogP contribution in [-0.2, 0) is 14.0 Å². The van der Waals surface area contributed by atoms with Crippen molar-refractivity contribution in [3.63, 3.8) is 0 Å². The summed E-state index contributed by atoms with van der Waals surface area (Å²) in [5.74, 6) is 0. The summed E-state index contributed by atoms with van der Waals surface area (Å²) in [5.41, 5.74) is -0.533. The fraction of sp³-hybridized carbons (Fsp3) is 1.00. The van der Waals surface area contributed by atoms with Crippen molar-refractivity contribution < 1.29 is 14.0 Å². The maximum atomic E-state index is 5.83. The summed E-state index contributed by atoms with van der Waals surface area (Å²) in [5, 5.41) is 0. The van der Waals surface area contributed by atoms with Crippen molar-refractivity contribution >= 4 is 23.0 Å². The molecule has 82 valence electrons. The number of halogens is 1. The summed E-state index contributed by atoms with van der Waals surface area (Å²) in [6.45, 7) is 8.74. The van der Waals surface area contributed by atoms with Gasteiger partial charge in [0.2, 0.25) is 0 Å². The summed E-state index contributed by atoms with van der Waals surface area (Å²) < 4.78 is 16.8. The van der Waals surface area contributed by atoms with Crippen LogP contribution in [0.2, 0.25) is 0 Å². The molecule has 1 aliphatic rings. The van der Waals surface area contributed by atoms with Gasteiger partial charge in [-0.2, -0.15) is 0 Å². The Kier molecular flexibility index (Phi) is 3.68. The lowest BCUT2D eigenvalue weighted by Crippen LogP contribution is -2.41. The van der Waals surface area contributed by atoms with E-state index in [-0.39, 0.29) is 23.0 Å². The van der Waals surface area contributed by atoms with Gasteiger partial charge in [-0.25, -0.2) is 0 Å². The molecule has 1 rings (SSSR count). The van der Waals surface area contributed by atoms with Gasteiger partial charge >= 0.3 is 7.12 Å². The van der Waals surface area contributed by atoms with Crippen LogP contribution in [0.4, 0.5) is 0 Å². The minimum atomic E-state index is -0.266. The Labute approximate surface area is 94.8 Å². The first-order chi connectivity index (χ1) is 6.30. The number of alkyl halides is 1. The lowest BCUT2D eigenvalue weighted by Gasteiger charge is -2.32. The lowest BCUT2D eigenvalue weighted by molar-refractivity contribution is 0.00578. The average Bonchev–Trinajstić information content (AvgIpc) is 2.22. The van der Waals surface area contributed by atoms with Crippen LogP contribution in [0.5, 0.6) is 0 Å². The molecule has 5 heteroatoms. The van der Waals surface area contributed by atoms with Gasteiger partial charge in [-0.15, -0.1) is 0 Å². The van der Waals surface area contributed by atoms with Crippen molar-refractivity contribution in [3.8, 4) is 0 Å². The molecule has 0 bridgehead atoms. The van der Waals surface area contributed by atoms with Crippen LogP contribution in [0.15, 0.2) is 0 Å². The summed E-state index contributed by atoms with van der Waals surface area (Å²) in [4.78, 5) is 0. The standard InChI is InChI=1S/C9H18BBrO3/c1-8(2)9(3,4)14-10(13-8)7(11)6-12-5/h7H,6H2,1-5H3. The Bertz CT molecular complexity index is 192. The minimum Gasteiger partial charge on any atom is -0.402 e. The third kappa shape index (κ3) is 2.32. The van der Waals surface area contributed by atoms with Crippen LogP contribution in [0.1, 0.15) is 27.7 Å². The quantitative estimate of drug-likeness (QED) is 0.577. The molecule has 1 atom stereocenters. The predicted octanol–water partition coefficient (Wildman–Crippen LogP) is 2.03. The van der Waals surface area contributed by atoms with Crippen LogP contribution in [-0.4, -0.2) is 36.8 Å². The largest absolute Gasteiger partial charge is 0.474 e. The molecule has 0 aromatic carbocycles. The second-order valence-electron chi connectivity index (χ2n) is 4.60. The molecule has 0 N–H and O–H groups in total. The topological polar surface area (TPSA) is 27.7 Å². The summed E-state index contributed by atoms with van der Waals surface area (Å²) >= 11 is 3.49. The van der Waals surface area contributed by atoms with Crippen molar-refractivity contribution in [2.24, 2.45) is 0 Å². The summed E-state index contributed by atoms with van der Waals surface area (Å²) in [6.07, 6.45) is 0. The molecule has 1 heterocycles. The second kappa shape index (κ2) is 4.12. The maximum Gasteiger partial charge on any atom is 0.474 e. The van der Waals surface area contributed by atoms with E-state index in [2.05, 4.69) is 15.9 Å². The van der Waals surface area contributed by atoms with Gasteiger partial charge in [-0.1, -0.05) is 15.9 Å². The molecule has 1 unspecified atom stereocenters. The smallest absolute Gasteiger partial charge is 0.402 e. The van der Waals surface area contributed by atoms with Gasteiger partial charge in [0, 0.05) is 7.11 Å². The number of hydrogen-bond acceptors (Lipinski definition) is 3. The Morgan fingerprint density at radius 2 is 1.64 bits per heavy atom. The zero-order chi connectivity index (χ0) is 11.0. The zero-order valence-electron chi connectivity index (χ0n) is 9.46. The van der Waals surface area contributed by atoms with E-state index in [0.717, 1.165) is 0 Å². The highest BCUT2D eigenvalue weighted by molar-refractivity contribution is 9.10. The molecule has 0 radical (unpaired) electrons. The monoisotopic (exact) mass is 264 g/mol. The molecule has 0 aromatic heterocycles. The molecule has 0 saturated carbocycles. The van der Waals surface area contributed by atoms with Crippen molar-refractivity contribution in [1.82, 2.24) is 0 Å². The van der Waals surface area contributed by atoms with E-state index >= 15 is 0 Å². The summed E-state index contributed by atoms with van der Waals surface area (Å²) in [6, 6.07) is 0. The van der Waals surface area contributed by atoms with Gasteiger partial charge in [-0.3, -0.25) is 0 Å². The first-order valence-electron chi connectivity index (χ1n) is 4.79. The van der Waals surface area contributed by atoms with Crippen molar-refractivity contribution in [2.75, 3.05) is 13.7 Å². The summed E-state index contributed by atoms with van der Waals surface area (Å²) in [7, 11) is 1.43. The highest BCUT2D eigenvalue weighted by Gasteiger charge is 2.53. The Balaban J connectivity index is 2.63. The Morgan fingerprint density at radius 1 is 1.21 bits per heavy atom. The SMILES string of the molecule is COCC(Br)B1OC(C)(C)C(C)(C)O1. The van der Waals surface area contributed by atoms with E-state index in [1.54, 1.807) is 7.11 Å². The van der Waals surface area contributed by atoms with Crippen molar-refractivity contribution in [1.29, 1.82) is 0 Å². The first kappa shape index (κ1) is 12.5. The Morgan fingerprint density at radius 3 is 2.00 bits per heavy atom. The highest BCUT2D eigenvalue weighted by Crippen LogP contribution is 2.38. The van der Waals surface area contributed by atoms with Gasteiger partial charge in [0.1, 0.15) is 0 Å². The fourth-order valence-corrected chi connectivity index (χ4v) is 1.75. The van der Waals surface area contributed by atoms with Crippen LogP contribution >= 0.6 is 15.9 Å². The normalized spacial score (nSPS) is 26.6. The number of hydrogen-bond donors (Lipinski definition) is 0. The van der Waals surface area contributed by atoms with Gasteiger partial charge in [0.05, 0.1) is 22.5 Å². The highest BCUT2D eigenvalue weighted by atomic mass is 79.9. The van der Waals surface area contributed by atoms with E-state index in [4.69, 9.17) is 14.0 Å². The zero-order valence-corrected chi connectivity index (χ0v) is 11.1. The van der Waals surface area contributed by atoms with Gasteiger partial charge in [0.25, 0.3) is 0 Å². The third-order valence-corrected chi connectivity index (χ3v) is 3.59. The van der Waals surface area contributed by atoms with Crippen LogP contribution in [0.3, 0.4) is 0 Å². The van der Waals surface area contributed by atoms with Crippen molar-refractivity contribution in [2.45, 2.75) is 43.6 Å². The van der Waals surface area contributed by atoms with E-state index in [1.807, 2.05) is 27.7 Å². The van der Waals surface area contributed by atoms with E-state index in [0.29, 0.717) is 6.61 Å². The van der Waals surface area contributed by atoms with Gasteiger partial charge in [-0.05, 0) is 27.7 Å². The number of ether oxygens (including phenoxy) is 1. The van der Waals surface area contributed by atoms with Gasteiger partial charge < -0.3 is 14.0 Å². The van der Waals surface area contributed by atoms with E-state index in [1.165, 1.54) is 0 Å². The third-order valence-electron chi connectivity index (χ3n) is 2.89. The molecular weight excluding hydrogens is 247 g/mol. The lowest BCUT2D eigenvalue weighted by atomic mass is 9.85. The predicted molar refractivity (Wildman–Crippen MR) is 60.7 cm³/mol. The second-order valence-corrected chi connectivity index (χ2v) is 5.77. The molecule has 3 nitrogen and oxygen atoms in total. The average molecular weight is 265 g/mol. The molecule has 0 amide bonds. The van der Waals surface area contributed by atoms with Crippen molar-refractivity contribution in [3.05, 3.63) is 0 Å². The van der Waals surface area contributed by atoms with Crippen LogP contribution in [0.25, 0.3) is 0 Å². The Hall–Kier alpha value is 0.425. The molecular formula is C9H18BBrO3. The van der Waals surface area contributed by atoms with E-state index < -0.39 is 0 Å². The molecule has 14 heavy (non-hydrogen) atoms. The molecule has 0 aromatic rings. The maximum absolute atomic E-state index is 5.83. The number of methoxy groups -OCH3 is 1. The molecule has 0 aliphatic carbocycles. The molecule has 1 fully saturated rings. The first-order valence-corrected chi connectivity index (χ1v) is 5.70. The fourth-order valence-electron chi connectivity index (χ4n) is 1.27. The minimum absolute atomic E-state index is 0.0774. The molecule has 0 spiro atoms. The molecule has 1 aliphatic heterocycles. The van der Waals surface area contributed by atoms with E-state index in [9.17, 15) is 0 Å². The van der Waals surface area contributed by atoms with Crippen LogP contribution in [0, 0.1) is 0 Å². The number of rotatable bonds is 3.